The number of nitrogens with zero attached hydrogens (tertiary/aromatic N) is 1. The van der Waals surface area contributed by atoms with Crippen LogP contribution in [0.5, 0.6) is 0 Å². The van der Waals surface area contributed by atoms with Crippen LogP contribution in [0.1, 0.15) is 26.2 Å². The summed E-state index contributed by atoms with van der Waals surface area (Å²) in [5.74, 6) is -0.0765. The van der Waals surface area contributed by atoms with E-state index in [1.807, 2.05) is 6.92 Å². The molecule has 3 heteroatoms. The molecule has 0 bridgehead atoms. The van der Waals surface area contributed by atoms with Crippen molar-refractivity contribution in [3.63, 3.8) is 0 Å². The number of fused-ring (bicyclic) bond motifs is 1. The zero-order valence-electron chi connectivity index (χ0n) is 8.58. The summed E-state index contributed by atoms with van der Waals surface area (Å²) in [6, 6.07) is 0. The van der Waals surface area contributed by atoms with Crippen molar-refractivity contribution in [3.05, 3.63) is 12.2 Å². The number of esters is 1. The van der Waals surface area contributed by atoms with Crippen molar-refractivity contribution in [3.8, 4) is 0 Å². The lowest BCUT2D eigenvalue weighted by Gasteiger charge is -2.17. The molecule has 0 aromatic heterocycles. The van der Waals surface area contributed by atoms with E-state index in [2.05, 4.69) is 17.4 Å². The van der Waals surface area contributed by atoms with E-state index in [1.165, 1.54) is 0 Å². The molecule has 1 saturated heterocycles. The molecule has 0 amide bonds. The monoisotopic (exact) mass is 194 g/mol. The second kappa shape index (κ2) is 3.23. The van der Waals surface area contributed by atoms with Crippen molar-refractivity contribution >= 4 is 12.2 Å². The minimum Gasteiger partial charge on any atom is -0.461 e. The highest BCUT2D eigenvalue weighted by Gasteiger charge is 2.57. The van der Waals surface area contributed by atoms with Crippen LogP contribution in [0.15, 0.2) is 12.2 Å². The number of carbonyl (C=O) groups excluding carboxylic acids is 1. The summed E-state index contributed by atoms with van der Waals surface area (Å²) < 4.78 is 7.24. The topological polar surface area (TPSA) is 29.3 Å². The van der Waals surface area contributed by atoms with Gasteiger partial charge in [-0.2, -0.15) is 0 Å². The molecule has 2 heterocycles. The largest absolute Gasteiger partial charge is 0.461 e. The molecule has 1 unspecified atom stereocenters. The van der Waals surface area contributed by atoms with Gasteiger partial charge in [-0.15, -0.1) is 0 Å². The van der Waals surface area contributed by atoms with Gasteiger partial charge in [-0.25, -0.2) is 9.37 Å². The minimum atomic E-state index is -0.396. The van der Waals surface area contributed by atoms with Crippen molar-refractivity contribution in [2.24, 2.45) is 0 Å². The van der Waals surface area contributed by atoms with Crippen LogP contribution in [-0.2, 0) is 9.53 Å². The molecule has 0 radical (unpaired) electrons. The van der Waals surface area contributed by atoms with Gasteiger partial charge in [0.2, 0.25) is 0 Å². The highest BCUT2D eigenvalue weighted by atomic mass is 16.5. The van der Waals surface area contributed by atoms with Crippen LogP contribution < -0.4 is 0 Å². The Balaban J connectivity index is 2.26. The highest BCUT2D eigenvalue weighted by molar-refractivity contribution is 5.82. The Hall–Kier alpha value is -1.12. The summed E-state index contributed by atoms with van der Waals surface area (Å²) >= 11 is 0. The summed E-state index contributed by atoms with van der Waals surface area (Å²) in [6.07, 6.45) is 4.73. The first-order valence-electron chi connectivity index (χ1n) is 5.13. The molecule has 0 aromatic rings. The molecule has 0 aliphatic carbocycles. The Morgan fingerprint density at radius 2 is 2.57 bits per heavy atom. The van der Waals surface area contributed by atoms with Crippen molar-refractivity contribution in [1.29, 1.82) is 0 Å². The van der Waals surface area contributed by atoms with Crippen LogP contribution >= 0.6 is 0 Å². The first-order valence-corrected chi connectivity index (χ1v) is 5.13. The van der Waals surface area contributed by atoms with Gasteiger partial charge in [-0.1, -0.05) is 6.58 Å². The lowest BCUT2D eigenvalue weighted by molar-refractivity contribution is -0.559. The van der Waals surface area contributed by atoms with Crippen LogP contribution in [0.3, 0.4) is 0 Å². The summed E-state index contributed by atoms with van der Waals surface area (Å²) in [5, 5.41) is 0. The van der Waals surface area contributed by atoms with E-state index in [4.69, 9.17) is 4.74 Å². The van der Waals surface area contributed by atoms with E-state index in [0.29, 0.717) is 6.61 Å². The third kappa shape index (κ3) is 1.19. The van der Waals surface area contributed by atoms with E-state index < -0.39 is 5.54 Å². The van der Waals surface area contributed by atoms with Crippen LogP contribution in [0, 0.1) is 0 Å². The Morgan fingerprint density at radius 1 is 1.79 bits per heavy atom. The van der Waals surface area contributed by atoms with Gasteiger partial charge < -0.3 is 4.74 Å². The molecule has 2 aliphatic rings. The first-order chi connectivity index (χ1) is 6.69. The summed E-state index contributed by atoms with van der Waals surface area (Å²) in [5.41, 5.74) is 0.738. The number of ether oxygens (including phenoxy) is 1. The maximum atomic E-state index is 11.9. The normalized spacial score (nSPS) is 30.1. The molecule has 1 fully saturated rings. The zero-order valence-corrected chi connectivity index (χ0v) is 8.58. The zero-order chi connectivity index (χ0) is 10.2. The summed E-state index contributed by atoms with van der Waals surface area (Å²) in [4.78, 5) is 11.9. The summed E-state index contributed by atoms with van der Waals surface area (Å²) in [7, 11) is 0. The molecular formula is C11H16NO2+. The van der Waals surface area contributed by atoms with Crippen molar-refractivity contribution in [1.82, 2.24) is 0 Å². The molecular weight excluding hydrogens is 178 g/mol. The molecule has 2 aliphatic heterocycles. The van der Waals surface area contributed by atoms with Crippen molar-refractivity contribution in [2.75, 3.05) is 13.2 Å². The Labute approximate surface area is 84.1 Å². The second-order valence-corrected chi connectivity index (χ2v) is 4.03. The molecule has 1 atom stereocenters. The maximum absolute atomic E-state index is 11.9. The van der Waals surface area contributed by atoms with Crippen molar-refractivity contribution < 1.29 is 14.1 Å². The van der Waals surface area contributed by atoms with Crippen LogP contribution in [-0.4, -0.2) is 35.4 Å². The van der Waals surface area contributed by atoms with E-state index in [1.54, 1.807) is 0 Å². The predicted octanol–water partition coefficient (Wildman–Crippen LogP) is 1.13. The van der Waals surface area contributed by atoms with Gasteiger partial charge in [0.25, 0.3) is 5.54 Å². The van der Waals surface area contributed by atoms with E-state index in [9.17, 15) is 4.79 Å². The van der Waals surface area contributed by atoms with E-state index in [0.717, 1.165) is 31.4 Å². The van der Waals surface area contributed by atoms with Gasteiger partial charge in [0.05, 0.1) is 13.0 Å². The fraction of sp³-hybridized carbons (Fsp3) is 0.636. The first kappa shape index (κ1) is 9.44. The third-order valence-corrected chi connectivity index (χ3v) is 3.05. The molecule has 14 heavy (non-hydrogen) atoms. The van der Waals surface area contributed by atoms with Gasteiger partial charge in [0.15, 0.2) is 6.54 Å². The quantitative estimate of drug-likeness (QED) is 0.374. The Kier molecular flexibility index (Phi) is 2.17. The number of rotatable bonds is 2. The Bertz CT molecular complexity index is 319. The molecule has 0 saturated carbocycles. The summed E-state index contributed by atoms with van der Waals surface area (Å²) in [6.45, 7) is 7.08. The van der Waals surface area contributed by atoms with Gasteiger partial charge in [0, 0.05) is 12.8 Å². The van der Waals surface area contributed by atoms with Crippen LogP contribution in [0.25, 0.3) is 0 Å². The lowest BCUT2D eigenvalue weighted by atomic mass is 9.92. The van der Waals surface area contributed by atoms with Gasteiger partial charge in [-0.05, 0) is 12.5 Å². The van der Waals surface area contributed by atoms with E-state index >= 15 is 0 Å². The molecule has 76 valence electrons. The molecule has 2 rings (SSSR count). The SMILES string of the molecule is C=C1C[N+]2=CCCC2(C(=O)OCC)C1. The molecule has 0 N–H and O–H groups in total. The van der Waals surface area contributed by atoms with Gasteiger partial charge in [0.1, 0.15) is 6.21 Å². The van der Waals surface area contributed by atoms with E-state index in [-0.39, 0.29) is 5.97 Å². The smallest absolute Gasteiger partial charge is 0.378 e. The number of carbonyl (C=O) groups is 1. The maximum Gasteiger partial charge on any atom is 0.378 e. The third-order valence-electron chi connectivity index (χ3n) is 3.05. The van der Waals surface area contributed by atoms with Crippen molar-refractivity contribution in [2.45, 2.75) is 31.7 Å². The average Bonchev–Trinajstić information content (AvgIpc) is 2.61. The minimum absolute atomic E-state index is 0.0765. The fourth-order valence-electron chi connectivity index (χ4n) is 2.45. The Morgan fingerprint density at radius 3 is 3.29 bits per heavy atom. The van der Waals surface area contributed by atoms with Crippen LogP contribution in [0.4, 0.5) is 0 Å². The molecule has 3 nitrogen and oxygen atoms in total. The number of hydrogen-bond acceptors (Lipinski definition) is 2. The fourth-order valence-corrected chi connectivity index (χ4v) is 2.45. The standard InChI is InChI=1S/C11H16NO2/c1-3-14-10(13)11-5-4-6-12(11)8-9(2)7-11/h6H,2-5,7-8H2,1H3/q+1. The predicted molar refractivity (Wildman–Crippen MR) is 53.5 cm³/mol. The van der Waals surface area contributed by atoms with Gasteiger partial charge >= 0.3 is 5.97 Å². The number of hydrogen-bond donors (Lipinski definition) is 0. The average molecular weight is 194 g/mol. The lowest BCUT2D eigenvalue weighted by Crippen LogP contribution is -2.43. The second-order valence-electron chi connectivity index (χ2n) is 4.03. The molecule has 0 spiro atoms. The van der Waals surface area contributed by atoms with Crippen LogP contribution in [0.2, 0.25) is 0 Å². The highest BCUT2D eigenvalue weighted by Crippen LogP contribution is 2.36. The molecule has 0 aromatic carbocycles. The van der Waals surface area contributed by atoms with Gasteiger partial charge in [-0.3, -0.25) is 0 Å².